The molecule has 0 saturated heterocycles. The number of carboxylic acid groups (broad SMARTS) is 1. The summed E-state index contributed by atoms with van der Waals surface area (Å²) in [7, 11) is 0. The molecule has 0 radical (unpaired) electrons. The van der Waals surface area contributed by atoms with Gasteiger partial charge in [-0.05, 0) is 18.4 Å². The number of aromatic carboxylic acids is 1. The third-order valence-electron chi connectivity index (χ3n) is 1.01. The van der Waals surface area contributed by atoms with E-state index >= 15 is 0 Å². The van der Waals surface area contributed by atoms with Crippen molar-refractivity contribution in [1.29, 1.82) is 5.41 Å². The van der Waals surface area contributed by atoms with Crippen LogP contribution >= 0.6 is 0 Å². The molecule has 0 aliphatic heterocycles. The molecule has 1 aromatic carbocycles. The van der Waals surface area contributed by atoms with E-state index in [0.29, 0.717) is 0 Å². The van der Waals surface area contributed by atoms with Crippen molar-refractivity contribution in [1.82, 2.24) is 0 Å². The fourth-order valence-electron chi connectivity index (χ4n) is 0.574. The standard InChI is InChI=1S/C7H6O2.C2H5NO.2Ag/c8-7(9)6-4-2-1-3-5-6;1-2(3)4;;/h1-5H,(H,8,9);1H3,(H2,3,4);;/q;;2*+1/p-2. The molecule has 0 saturated carbocycles. The van der Waals surface area contributed by atoms with Gasteiger partial charge in [-0.3, -0.25) is 0 Å². The minimum atomic E-state index is -1.13. The first kappa shape index (κ1) is 20.1. The average molecular weight is 395 g/mol. The second-order valence-corrected chi connectivity index (χ2v) is 2.21. The Morgan fingerprint density at radius 2 is 1.47 bits per heavy atom. The van der Waals surface area contributed by atoms with Crippen LogP contribution in [0.25, 0.3) is 0 Å². The third kappa shape index (κ3) is 13.6. The number of nitrogens with one attached hydrogen (secondary N) is 1. The Hall–Kier alpha value is -0.359. The zero-order chi connectivity index (χ0) is 10.3. The maximum absolute atomic E-state index is 10.1. The SMILES string of the molecule is CC(=N)[O-].O=C([O-])c1ccccc1.[Ag+].[Ag+]. The van der Waals surface area contributed by atoms with E-state index in [1.165, 1.54) is 19.1 Å². The molecule has 4 nitrogen and oxygen atoms in total. The number of carbonyl (C=O) groups excluding carboxylic acids is 1. The maximum Gasteiger partial charge on any atom is 1.00 e. The van der Waals surface area contributed by atoms with Gasteiger partial charge in [-0.15, -0.1) is 0 Å². The van der Waals surface area contributed by atoms with Gasteiger partial charge in [-0.25, -0.2) is 0 Å². The van der Waals surface area contributed by atoms with Crippen LogP contribution in [-0.4, -0.2) is 11.9 Å². The van der Waals surface area contributed by atoms with Crippen LogP contribution in [0, 0.1) is 5.41 Å². The van der Waals surface area contributed by atoms with E-state index in [9.17, 15) is 9.90 Å². The monoisotopic (exact) mass is 393 g/mol. The van der Waals surface area contributed by atoms with Crippen molar-refractivity contribution >= 4 is 11.9 Å². The van der Waals surface area contributed by atoms with Gasteiger partial charge in [0.25, 0.3) is 0 Å². The van der Waals surface area contributed by atoms with E-state index in [4.69, 9.17) is 10.5 Å². The molecule has 0 bridgehead atoms. The van der Waals surface area contributed by atoms with Crippen LogP contribution in [0.1, 0.15) is 17.3 Å². The topological polar surface area (TPSA) is 87.0 Å². The maximum atomic E-state index is 10.1. The third-order valence-corrected chi connectivity index (χ3v) is 1.01. The van der Waals surface area contributed by atoms with Crippen LogP contribution in [-0.2, 0) is 44.8 Å². The van der Waals surface area contributed by atoms with Gasteiger partial charge in [0.05, 0.1) is 5.97 Å². The molecule has 1 aromatic rings. The predicted molar refractivity (Wildman–Crippen MR) is 44.2 cm³/mol. The average Bonchev–Trinajstić information content (AvgIpc) is 2.05. The summed E-state index contributed by atoms with van der Waals surface area (Å²) in [5, 5.41) is 25.1. The Morgan fingerprint density at radius 3 is 1.67 bits per heavy atom. The van der Waals surface area contributed by atoms with Gasteiger partial charge >= 0.3 is 44.8 Å². The van der Waals surface area contributed by atoms with Gasteiger partial charge in [-0.2, -0.15) is 0 Å². The van der Waals surface area contributed by atoms with Crippen molar-refractivity contribution in [2.24, 2.45) is 0 Å². The van der Waals surface area contributed by atoms with Crippen molar-refractivity contribution in [2.45, 2.75) is 6.92 Å². The van der Waals surface area contributed by atoms with Gasteiger partial charge in [0.2, 0.25) is 0 Å². The van der Waals surface area contributed by atoms with Gasteiger partial charge in [0.1, 0.15) is 0 Å². The smallest absolute Gasteiger partial charge is 0.862 e. The Labute approximate surface area is 119 Å². The Morgan fingerprint density at radius 1 is 1.13 bits per heavy atom. The van der Waals surface area contributed by atoms with Crippen LogP contribution in [0.2, 0.25) is 0 Å². The number of benzene rings is 1. The molecule has 0 aliphatic carbocycles. The molecule has 0 atom stereocenters. The molecule has 0 aliphatic rings. The second kappa shape index (κ2) is 11.7. The van der Waals surface area contributed by atoms with E-state index in [-0.39, 0.29) is 50.3 Å². The molecule has 6 heteroatoms. The zero-order valence-electron chi connectivity index (χ0n) is 7.71. The largest absolute Gasteiger partial charge is 1.00 e. The summed E-state index contributed by atoms with van der Waals surface area (Å²) in [4.78, 5) is 10.1. The summed E-state index contributed by atoms with van der Waals surface area (Å²) >= 11 is 0. The number of carbonyl (C=O) groups is 1. The molecular weight excluding hydrogens is 386 g/mol. The molecule has 90 valence electrons. The van der Waals surface area contributed by atoms with Crippen LogP contribution < -0.4 is 10.2 Å². The summed E-state index contributed by atoms with van der Waals surface area (Å²) in [6, 6.07) is 8.06. The van der Waals surface area contributed by atoms with Crippen LogP contribution in [0.3, 0.4) is 0 Å². The van der Waals surface area contributed by atoms with E-state index in [1.54, 1.807) is 18.2 Å². The van der Waals surface area contributed by atoms with Crippen molar-refractivity contribution in [2.75, 3.05) is 0 Å². The molecular formula is C9H9Ag2NO3. The molecule has 0 heterocycles. The Kier molecular flexibility index (Phi) is 15.7. The van der Waals surface area contributed by atoms with E-state index in [2.05, 4.69) is 0 Å². The Bertz CT molecular complexity index is 287. The summed E-state index contributed by atoms with van der Waals surface area (Å²) in [5.74, 6) is -1.71. The summed E-state index contributed by atoms with van der Waals surface area (Å²) in [5.41, 5.74) is 0.220. The minimum absolute atomic E-state index is 0. The number of hydrogen-bond donors (Lipinski definition) is 1. The first-order chi connectivity index (χ1) is 6.04. The first-order valence-corrected chi connectivity index (χ1v) is 3.52. The van der Waals surface area contributed by atoms with Crippen molar-refractivity contribution < 1.29 is 59.8 Å². The molecule has 15 heavy (non-hydrogen) atoms. The molecule has 1 rings (SSSR count). The van der Waals surface area contributed by atoms with Gasteiger partial charge in [0, 0.05) is 0 Å². The van der Waals surface area contributed by atoms with Crippen LogP contribution in [0.15, 0.2) is 30.3 Å². The van der Waals surface area contributed by atoms with E-state index < -0.39 is 11.9 Å². The van der Waals surface area contributed by atoms with Gasteiger partial charge in [0.15, 0.2) is 0 Å². The molecule has 0 aromatic heterocycles. The predicted octanol–water partition coefficient (Wildman–Crippen LogP) is -0.611. The van der Waals surface area contributed by atoms with Crippen molar-refractivity contribution in [3.63, 3.8) is 0 Å². The summed E-state index contributed by atoms with van der Waals surface area (Å²) < 4.78 is 0. The molecule has 0 spiro atoms. The van der Waals surface area contributed by atoms with Crippen LogP contribution in [0.5, 0.6) is 0 Å². The zero-order valence-corrected chi connectivity index (χ0v) is 10.7. The molecule has 0 fully saturated rings. The second-order valence-electron chi connectivity index (χ2n) is 2.21. The van der Waals surface area contributed by atoms with Gasteiger partial charge in [-0.1, -0.05) is 30.3 Å². The quantitative estimate of drug-likeness (QED) is 0.391. The molecule has 0 unspecified atom stereocenters. The van der Waals surface area contributed by atoms with Crippen molar-refractivity contribution in [3.8, 4) is 0 Å². The Balaban J connectivity index is -0.000000213. The first-order valence-electron chi connectivity index (χ1n) is 3.52. The summed E-state index contributed by atoms with van der Waals surface area (Å²) in [6.45, 7) is 1.19. The number of rotatable bonds is 1. The summed E-state index contributed by atoms with van der Waals surface area (Å²) in [6.07, 6.45) is 0. The number of carboxylic acids is 1. The minimum Gasteiger partial charge on any atom is -0.862 e. The normalized spacial score (nSPS) is 7.00. The number of hydrogen-bond acceptors (Lipinski definition) is 4. The van der Waals surface area contributed by atoms with Gasteiger partial charge < -0.3 is 20.4 Å². The fraction of sp³-hybridized carbons (Fsp3) is 0.111. The fourth-order valence-corrected chi connectivity index (χ4v) is 0.574. The van der Waals surface area contributed by atoms with E-state index in [1.807, 2.05) is 0 Å². The van der Waals surface area contributed by atoms with Crippen molar-refractivity contribution in [3.05, 3.63) is 35.9 Å². The molecule has 0 amide bonds. The van der Waals surface area contributed by atoms with E-state index in [0.717, 1.165) is 0 Å². The van der Waals surface area contributed by atoms with Crippen LogP contribution in [0.4, 0.5) is 0 Å². The molecule has 1 N–H and O–H groups in total.